The van der Waals surface area contributed by atoms with E-state index in [0.717, 1.165) is 17.2 Å². The summed E-state index contributed by atoms with van der Waals surface area (Å²) >= 11 is 0. The third-order valence-corrected chi connectivity index (χ3v) is 3.25. The molecule has 0 saturated heterocycles. The molecule has 0 aromatic heterocycles. The Balaban J connectivity index is 2.29. The first-order valence-electron chi connectivity index (χ1n) is 6.78. The Morgan fingerprint density at radius 1 is 1.05 bits per heavy atom. The predicted molar refractivity (Wildman–Crippen MR) is 75.7 cm³/mol. The normalized spacial score (nSPS) is 13.6. The van der Waals surface area contributed by atoms with Gasteiger partial charge in [-0.15, -0.1) is 0 Å². The summed E-state index contributed by atoms with van der Waals surface area (Å²) in [5.74, 6) is 0. The maximum absolute atomic E-state index is 12.7. The van der Waals surface area contributed by atoms with E-state index in [2.05, 4.69) is 5.32 Å². The van der Waals surface area contributed by atoms with Gasteiger partial charge < -0.3 is 5.32 Å². The Hall–Kier alpha value is -1.55. The number of rotatable bonds is 5. The summed E-state index contributed by atoms with van der Waals surface area (Å²) in [5.41, 5.74) is 0.689. The van der Waals surface area contributed by atoms with Gasteiger partial charge in [0, 0.05) is 6.04 Å². The largest absolute Gasteiger partial charge is 0.390 e. The van der Waals surface area contributed by atoms with Gasteiger partial charge in [0.1, 0.15) is 0 Å². The fraction of sp³-hybridized carbons (Fsp3) is 0.375. The van der Waals surface area contributed by atoms with E-state index < -0.39 is 18.6 Å². The zero-order valence-corrected chi connectivity index (χ0v) is 11.4. The summed E-state index contributed by atoms with van der Waals surface area (Å²) < 4.78 is 38.1. The van der Waals surface area contributed by atoms with Crippen LogP contribution in [-0.2, 0) is 0 Å². The summed E-state index contributed by atoms with van der Waals surface area (Å²) in [5, 5.41) is 4.99. The smallest absolute Gasteiger partial charge is 0.310 e. The van der Waals surface area contributed by atoms with Gasteiger partial charge in [0.2, 0.25) is 0 Å². The second kappa shape index (κ2) is 6.27. The van der Waals surface area contributed by atoms with Crippen LogP contribution >= 0.6 is 0 Å². The minimum atomic E-state index is -4.17. The van der Waals surface area contributed by atoms with Crippen LogP contribution < -0.4 is 5.32 Å². The fourth-order valence-electron chi connectivity index (χ4n) is 2.28. The highest BCUT2D eigenvalue weighted by Gasteiger charge is 2.32. The molecule has 1 N–H and O–H groups in total. The average molecular weight is 281 g/mol. The van der Waals surface area contributed by atoms with Crippen molar-refractivity contribution in [2.24, 2.45) is 0 Å². The van der Waals surface area contributed by atoms with Crippen LogP contribution in [0.4, 0.5) is 13.2 Å². The highest BCUT2D eigenvalue weighted by molar-refractivity contribution is 5.83. The van der Waals surface area contributed by atoms with E-state index in [0.29, 0.717) is 12.1 Å². The van der Waals surface area contributed by atoms with Gasteiger partial charge in [-0.25, -0.2) is 0 Å². The number of hydrogen-bond donors (Lipinski definition) is 1. The molecule has 1 atom stereocenters. The lowest BCUT2D eigenvalue weighted by molar-refractivity contribution is -0.140. The second-order valence-electron chi connectivity index (χ2n) is 4.93. The van der Waals surface area contributed by atoms with Gasteiger partial charge in [0.05, 0.1) is 6.42 Å². The summed E-state index contributed by atoms with van der Waals surface area (Å²) in [6.07, 6.45) is -4.20. The monoisotopic (exact) mass is 281 g/mol. The quantitative estimate of drug-likeness (QED) is 0.827. The number of hydrogen-bond acceptors (Lipinski definition) is 1. The van der Waals surface area contributed by atoms with Gasteiger partial charge in [-0.3, -0.25) is 0 Å². The third kappa shape index (κ3) is 3.97. The molecule has 0 aliphatic heterocycles. The molecule has 108 valence electrons. The minimum absolute atomic E-state index is 0.577. The highest BCUT2D eigenvalue weighted by atomic mass is 19.4. The molecule has 2 aromatic carbocycles. The summed E-state index contributed by atoms with van der Waals surface area (Å²) in [7, 11) is 0. The maximum Gasteiger partial charge on any atom is 0.390 e. The molecule has 1 nitrogen and oxygen atoms in total. The molecular weight excluding hydrogens is 263 g/mol. The number of halogens is 3. The molecule has 0 aliphatic rings. The van der Waals surface area contributed by atoms with Crippen molar-refractivity contribution in [2.45, 2.75) is 32.0 Å². The van der Waals surface area contributed by atoms with Crippen LogP contribution in [0.5, 0.6) is 0 Å². The molecule has 4 heteroatoms. The lowest BCUT2D eigenvalue weighted by Crippen LogP contribution is -2.27. The van der Waals surface area contributed by atoms with Crippen LogP contribution in [0.3, 0.4) is 0 Å². The molecule has 2 aromatic rings. The Morgan fingerprint density at radius 3 is 2.40 bits per heavy atom. The van der Waals surface area contributed by atoms with Crippen molar-refractivity contribution in [3.05, 3.63) is 48.0 Å². The number of benzene rings is 2. The second-order valence-corrected chi connectivity index (χ2v) is 4.93. The lowest BCUT2D eigenvalue weighted by Gasteiger charge is -2.21. The van der Waals surface area contributed by atoms with Crippen molar-refractivity contribution in [3.63, 3.8) is 0 Å². The van der Waals surface area contributed by atoms with Crippen molar-refractivity contribution in [3.8, 4) is 0 Å². The summed E-state index contributed by atoms with van der Waals surface area (Å²) in [4.78, 5) is 0. The number of nitrogens with one attached hydrogen (secondary N) is 1. The first-order chi connectivity index (χ1) is 9.49. The van der Waals surface area contributed by atoms with Crippen LogP contribution in [-0.4, -0.2) is 12.7 Å². The Labute approximate surface area is 116 Å². The van der Waals surface area contributed by atoms with Gasteiger partial charge in [-0.05, 0) is 35.4 Å². The first-order valence-corrected chi connectivity index (χ1v) is 6.78. The van der Waals surface area contributed by atoms with Crippen LogP contribution in [0.2, 0.25) is 0 Å². The Kier molecular flexibility index (Phi) is 4.65. The van der Waals surface area contributed by atoms with Crippen LogP contribution in [0.1, 0.15) is 31.4 Å². The first kappa shape index (κ1) is 14.9. The van der Waals surface area contributed by atoms with Gasteiger partial charge >= 0.3 is 6.18 Å². The van der Waals surface area contributed by atoms with E-state index in [1.807, 2.05) is 43.3 Å². The van der Waals surface area contributed by atoms with Crippen molar-refractivity contribution >= 4 is 10.8 Å². The Bertz CT molecular complexity index is 563. The van der Waals surface area contributed by atoms with Crippen molar-refractivity contribution in [1.29, 1.82) is 0 Å². The van der Waals surface area contributed by atoms with E-state index >= 15 is 0 Å². The molecule has 0 heterocycles. The molecule has 20 heavy (non-hydrogen) atoms. The Morgan fingerprint density at radius 2 is 1.75 bits per heavy atom. The fourth-order valence-corrected chi connectivity index (χ4v) is 2.28. The lowest BCUT2D eigenvalue weighted by atomic mass is 9.99. The average Bonchev–Trinajstić information content (AvgIpc) is 2.41. The standard InChI is InChI=1S/C16H18F3N/c1-2-9-20-15(11-16(17,18)19)14-8-7-12-5-3-4-6-13(12)10-14/h3-8,10,15,20H,2,9,11H2,1H3. The number of alkyl halides is 3. The molecule has 0 saturated carbocycles. The van der Waals surface area contributed by atoms with E-state index in [1.165, 1.54) is 0 Å². The molecule has 2 rings (SSSR count). The summed E-state index contributed by atoms with van der Waals surface area (Å²) in [6.45, 7) is 2.52. The molecule has 1 unspecified atom stereocenters. The van der Waals surface area contributed by atoms with Crippen molar-refractivity contribution in [1.82, 2.24) is 5.32 Å². The van der Waals surface area contributed by atoms with E-state index in [-0.39, 0.29) is 0 Å². The molecule has 0 aliphatic carbocycles. The SMILES string of the molecule is CCCNC(CC(F)(F)F)c1ccc2ccccc2c1. The topological polar surface area (TPSA) is 12.0 Å². The minimum Gasteiger partial charge on any atom is -0.310 e. The van der Waals surface area contributed by atoms with Crippen LogP contribution in [0.25, 0.3) is 10.8 Å². The number of fused-ring (bicyclic) bond motifs is 1. The molecule has 0 amide bonds. The van der Waals surface area contributed by atoms with Crippen LogP contribution in [0.15, 0.2) is 42.5 Å². The van der Waals surface area contributed by atoms with Crippen molar-refractivity contribution < 1.29 is 13.2 Å². The maximum atomic E-state index is 12.7. The zero-order valence-electron chi connectivity index (χ0n) is 11.4. The van der Waals surface area contributed by atoms with Crippen molar-refractivity contribution in [2.75, 3.05) is 6.54 Å². The van der Waals surface area contributed by atoms with Gasteiger partial charge in [-0.2, -0.15) is 13.2 Å². The van der Waals surface area contributed by atoms with E-state index in [9.17, 15) is 13.2 Å². The highest BCUT2D eigenvalue weighted by Crippen LogP contribution is 2.30. The van der Waals surface area contributed by atoms with Gasteiger partial charge in [0.25, 0.3) is 0 Å². The predicted octanol–water partition coefficient (Wildman–Crippen LogP) is 4.83. The molecule has 0 radical (unpaired) electrons. The van der Waals surface area contributed by atoms with Gasteiger partial charge in [-0.1, -0.05) is 43.3 Å². The molecule has 0 bridgehead atoms. The molecular formula is C16H18F3N. The van der Waals surface area contributed by atoms with E-state index in [1.54, 1.807) is 6.07 Å². The van der Waals surface area contributed by atoms with Crippen LogP contribution in [0, 0.1) is 0 Å². The summed E-state index contributed by atoms with van der Waals surface area (Å²) in [6, 6.07) is 12.5. The van der Waals surface area contributed by atoms with Gasteiger partial charge in [0.15, 0.2) is 0 Å². The molecule has 0 fully saturated rings. The third-order valence-electron chi connectivity index (χ3n) is 3.25. The zero-order chi connectivity index (χ0) is 14.6. The molecule has 0 spiro atoms. The van der Waals surface area contributed by atoms with E-state index in [4.69, 9.17) is 0 Å².